The molecule has 1 fully saturated rings. The standard InChI is InChI=1S/C26H29F2N3O/c27-22-10-8-21(9-11-22)26(24-6-3-4-14-29-24)30-19-20-12-15-31(16-13-20)17-18-32-25-7-2-1-5-23(25)28/h1-11,14,20,26,30H,12-13,15-19H2/t26-/m1/s1. The van der Waals surface area contributed by atoms with Crippen LogP contribution < -0.4 is 10.1 Å². The lowest BCUT2D eigenvalue weighted by atomic mass is 9.95. The van der Waals surface area contributed by atoms with E-state index in [-0.39, 0.29) is 17.7 Å². The second kappa shape index (κ2) is 11.2. The maximum Gasteiger partial charge on any atom is 0.165 e. The van der Waals surface area contributed by atoms with Crippen LogP contribution in [0, 0.1) is 17.6 Å². The molecule has 168 valence electrons. The Morgan fingerprint density at radius 2 is 1.72 bits per heavy atom. The van der Waals surface area contributed by atoms with Crippen LogP contribution in [0.3, 0.4) is 0 Å². The van der Waals surface area contributed by atoms with Crippen molar-refractivity contribution in [1.29, 1.82) is 0 Å². The first-order valence-corrected chi connectivity index (χ1v) is 11.2. The minimum absolute atomic E-state index is 0.0657. The Balaban J connectivity index is 1.25. The average molecular weight is 438 g/mol. The molecule has 1 aliphatic rings. The number of nitrogens with zero attached hydrogens (tertiary/aromatic N) is 2. The average Bonchev–Trinajstić information content (AvgIpc) is 2.83. The lowest BCUT2D eigenvalue weighted by Gasteiger charge is -2.33. The largest absolute Gasteiger partial charge is 0.489 e. The number of hydrogen-bond donors (Lipinski definition) is 1. The van der Waals surface area contributed by atoms with Crippen molar-refractivity contribution in [3.8, 4) is 5.75 Å². The Morgan fingerprint density at radius 1 is 0.969 bits per heavy atom. The summed E-state index contributed by atoms with van der Waals surface area (Å²) in [5, 5.41) is 3.66. The first-order chi connectivity index (χ1) is 15.7. The molecule has 3 aromatic rings. The summed E-state index contributed by atoms with van der Waals surface area (Å²) in [4.78, 5) is 6.88. The van der Waals surface area contributed by atoms with Crippen LogP contribution in [0.4, 0.5) is 8.78 Å². The molecule has 0 unspecified atom stereocenters. The number of para-hydroxylation sites is 1. The van der Waals surface area contributed by atoms with Gasteiger partial charge in [-0.3, -0.25) is 9.88 Å². The third kappa shape index (κ3) is 6.11. The van der Waals surface area contributed by atoms with Crippen LogP contribution >= 0.6 is 0 Å². The third-order valence-corrected chi connectivity index (χ3v) is 6.01. The molecule has 1 aromatic heterocycles. The van der Waals surface area contributed by atoms with Crippen LogP contribution in [0.1, 0.15) is 30.1 Å². The first-order valence-electron chi connectivity index (χ1n) is 11.2. The number of likely N-dealkylation sites (tertiary alicyclic amines) is 1. The maximum absolute atomic E-state index is 13.7. The summed E-state index contributed by atoms with van der Waals surface area (Å²) in [5.41, 5.74) is 1.94. The molecule has 1 atom stereocenters. The Labute approximate surface area is 188 Å². The van der Waals surface area contributed by atoms with E-state index in [9.17, 15) is 8.78 Å². The van der Waals surface area contributed by atoms with Gasteiger partial charge in [-0.2, -0.15) is 0 Å². The van der Waals surface area contributed by atoms with Crippen LogP contribution in [-0.4, -0.2) is 42.7 Å². The Bertz CT molecular complexity index is 960. The molecule has 0 bridgehead atoms. The molecular formula is C26H29F2N3O. The summed E-state index contributed by atoms with van der Waals surface area (Å²) in [7, 11) is 0. The highest BCUT2D eigenvalue weighted by Crippen LogP contribution is 2.23. The summed E-state index contributed by atoms with van der Waals surface area (Å²) in [6.07, 6.45) is 3.96. The lowest BCUT2D eigenvalue weighted by Crippen LogP contribution is -2.40. The monoisotopic (exact) mass is 437 g/mol. The molecule has 1 aliphatic heterocycles. The van der Waals surface area contributed by atoms with Crippen molar-refractivity contribution < 1.29 is 13.5 Å². The van der Waals surface area contributed by atoms with Gasteiger partial charge in [-0.1, -0.05) is 30.3 Å². The van der Waals surface area contributed by atoms with Gasteiger partial charge >= 0.3 is 0 Å². The predicted molar refractivity (Wildman–Crippen MR) is 122 cm³/mol. The van der Waals surface area contributed by atoms with E-state index < -0.39 is 0 Å². The van der Waals surface area contributed by atoms with E-state index in [1.54, 1.807) is 24.4 Å². The molecule has 0 spiro atoms. The zero-order chi connectivity index (χ0) is 22.2. The quantitative estimate of drug-likeness (QED) is 0.520. The van der Waals surface area contributed by atoms with Gasteiger partial charge in [0.2, 0.25) is 0 Å². The van der Waals surface area contributed by atoms with Gasteiger partial charge in [0.1, 0.15) is 12.4 Å². The number of hydrogen-bond acceptors (Lipinski definition) is 4. The van der Waals surface area contributed by atoms with Crippen LogP contribution in [-0.2, 0) is 0 Å². The van der Waals surface area contributed by atoms with Gasteiger partial charge in [-0.25, -0.2) is 8.78 Å². The first kappa shape index (κ1) is 22.4. The minimum Gasteiger partial charge on any atom is -0.489 e. The highest BCUT2D eigenvalue weighted by molar-refractivity contribution is 5.28. The second-order valence-corrected chi connectivity index (χ2v) is 8.21. The van der Waals surface area contributed by atoms with Gasteiger partial charge in [0.05, 0.1) is 11.7 Å². The smallest absolute Gasteiger partial charge is 0.165 e. The second-order valence-electron chi connectivity index (χ2n) is 8.21. The Morgan fingerprint density at radius 3 is 2.44 bits per heavy atom. The molecule has 2 aromatic carbocycles. The van der Waals surface area contributed by atoms with Crippen molar-refractivity contribution >= 4 is 0 Å². The zero-order valence-electron chi connectivity index (χ0n) is 18.1. The van der Waals surface area contributed by atoms with E-state index in [1.165, 1.54) is 18.2 Å². The van der Waals surface area contributed by atoms with E-state index in [4.69, 9.17) is 4.74 Å². The van der Waals surface area contributed by atoms with Gasteiger partial charge in [0.25, 0.3) is 0 Å². The number of ether oxygens (including phenoxy) is 1. The topological polar surface area (TPSA) is 37.4 Å². The van der Waals surface area contributed by atoms with Crippen molar-refractivity contribution in [2.45, 2.75) is 18.9 Å². The third-order valence-electron chi connectivity index (χ3n) is 6.01. The van der Waals surface area contributed by atoms with Crippen LogP contribution in [0.5, 0.6) is 5.75 Å². The zero-order valence-corrected chi connectivity index (χ0v) is 18.1. The highest BCUT2D eigenvalue weighted by atomic mass is 19.1. The summed E-state index contributed by atoms with van der Waals surface area (Å²) >= 11 is 0. The molecule has 0 saturated carbocycles. The summed E-state index contributed by atoms with van der Waals surface area (Å²) in [5.74, 6) is 0.319. The number of piperidine rings is 1. The molecule has 4 nitrogen and oxygen atoms in total. The van der Waals surface area contributed by atoms with Crippen molar-refractivity contribution in [1.82, 2.24) is 15.2 Å². The minimum atomic E-state index is -0.319. The summed E-state index contributed by atoms with van der Waals surface area (Å²) in [6.45, 7) is 4.14. The number of benzene rings is 2. The fourth-order valence-corrected chi connectivity index (χ4v) is 4.14. The molecular weight excluding hydrogens is 408 g/mol. The van der Waals surface area contributed by atoms with Gasteiger partial charge in [0.15, 0.2) is 11.6 Å². The van der Waals surface area contributed by atoms with E-state index in [1.807, 2.05) is 30.3 Å². The molecule has 0 aliphatic carbocycles. The van der Waals surface area contributed by atoms with Crippen LogP contribution in [0.2, 0.25) is 0 Å². The predicted octanol–water partition coefficient (Wildman–Crippen LogP) is 4.83. The molecule has 4 rings (SSSR count). The molecule has 6 heteroatoms. The van der Waals surface area contributed by atoms with Crippen molar-refractivity contribution in [3.05, 3.63) is 95.8 Å². The number of nitrogens with one attached hydrogen (secondary N) is 1. The van der Waals surface area contributed by atoms with E-state index >= 15 is 0 Å². The van der Waals surface area contributed by atoms with Crippen molar-refractivity contribution in [2.75, 3.05) is 32.8 Å². The van der Waals surface area contributed by atoms with E-state index in [0.717, 1.165) is 50.3 Å². The SMILES string of the molecule is Fc1ccc([C@@H](NCC2CCN(CCOc3ccccc3F)CC2)c2ccccn2)cc1. The molecule has 0 amide bonds. The highest BCUT2D eigenvalue weighted by Gasteiger charge is 2.22. The Kier molecular flexibility index (Phi) is 7.80. The van der Waals surface area contributed by atoms with Gasteiger partial charge in [-0.05, 0) is 80.4 Å². The Hall–Kier alpha value is -2.83. The molecule has 2 heterocycles. The van der Waals surface area contributed by atoms with Crippen molar-refractivity contribution in [3.63, 3.8) is 0 Å². The summed E-state index contributed by atoms with van der Waals surface area (Å²) in [6, 6.07) is 19.0. The van der Waals surface area contributed by atoms with Gasteiger partial charge < -0.3 is 10.1 Å². The number of halogens is 2. The summed E-state index contributed by atoms with van der Waals surface area (Å²) < 4.78 is 32.6. The maximum atomic E-state index is 13.7. The van der Waals surface area contributed by atoms with Gasteiger partial charge in [0, 0.05) is 12.7 Å². The van der Waals surface area contributed by atoms with Crippen molar-refractivity contribution in [2.24, 2.45) is 5.92 Å². The number of aromatic nitrogens is 1. The van der Waals surface area contributed by atoms with Crippen LogP contribution in [0.15, 0.2) is 72.9 Å². The molecule has 1 saturated heterocycles. The molecule has 1 N–H and O–H groups in total. The fraction of sp³-hybridized carbons (Fsp3) is 0.346. The van der Waals surface area contributed by atoms with E-state index in [2.05, 4.69) is 15.2 Å². The van der Waals surface area contributed by atoms with E-state index in [0.29, 0.717) is 18.3 Å². The fourth-order valence-electron chi connectivity index (χ4n) is 4.14. The number of rotatable bonds is 9. The molecule has 0 radical (unpaired) electrons. The molecule has 32 heavy (non-hydrogen) atoms. The van der Waals surface area contributed by atoms with Gasteiger partial charge in [-0.15, -0.1) is 0 Å². The van der Waals surface area contributed by atoms with Crippen LogP contribution in [0.25, 0.3) is 0 Å². The normalized spacial score (nSPS) is 16.1. The number of pyridine rings is 1. The lowest BCUT2D eigenvalue weighted by molar-refractivity contribution is 0.151.